The Morgan fingerprint density at radius 3 is 2.36 bits per heavy atom. The van der Waals surface area contributed by atoms with Crippen molar-refractivity contribution >= 4 is 5.91 Å². The molecule has 1 aromatic heterocycles. The van der Waals surface area contributed by atoms with Gasteiger partial charge in [-0.05, 0) is 13.8 Å². The molecule has 1 fully saturated rings. The van der Waals surface area contributed by atoms with Crippen molar-refractivity contribution in [1.82, 2.24) is 15.0 Å². The molecule has 0 aromatic carbocycles. The summed E-state index contributed by atoms with van der Waals surface area (Å²) in [5.74, 6) is -0.590. The van der Waals surface area contributed by atoms with Crippen molar-refractivity contribution in [1.29, 1.82) is 0 Å². The summed E-state index contributed by atoms with van der Waals surface area (Å²) in [7, 11) is 2.89. The van der Waals surface area contributed by atoms with Crippen LogP contribution in [0.1, 0.15) is 38.4 Å². The minimum atomic E-state index is -4.41. The number of piperidine rings is 1. The Morgan fingerprint density at radius 2 is 1.88 bits per heavy atom. The molecule has 2 rings (SSSR count). The molecule has 0 N–H and O–H groups in total. The Kier molecular flexibility index (Phi) is 5.43. The van der Waals surface area contributed by atoms with Gasteiger partial charge in [0.25, 0.3) is 11.8 Å². The second-order valence-corrected chi connectivity index (χ2v) is 6.51. The largest absolute Gasteiger partial charge is 0.396 e. The molecule has 1 saturated heterocycles. The molecular formula is C15H22F3N3O4. The first-order valence-electron chi connectivity index (χ1n) is 7.82. The predicted octanol–water partition coefficient (Wildman–Crippen LogP) is 2.06. The fourth-order valence-electron chi connectivity index (χ4n) is 2.73. The summed E-state index contributed by atoms with van der Waals surface area (Å²) in [6.07, 6.45) is -5.00. The number of carbonyl (C=O) groups excluding carboxylic acids is 1. The van der Waals surface area contributed by atoms with Crippen molar-refractivity contribution in [2.75, 3.05) is 27.3 Å². The summed E-state index contributed by atoms with van der Waals surface area (Å²) in [5, 5.41) is 3.39. The van der Waals surface area contributed by atoms with Crippen molar-refractivity contribution in [3.63, 3.8) is 0 Å². The van der Waals surface area contributed by atoms with Crippen LogP contribution in [0.5, 0.6) is 0 Å². The second-order valence-electron chi connectivity index (χ2n) is 6.51. The number of alkyl halides is 3. The van der Waals surface area contributed by atoms with E-state index in [4.69, 9.17) is 14.0 Å². The van der Waals surface area contributed by atoms with Crippen LogP contribution in [-0.2, 0) is 26.3 Å². The number of rotatable bonds is 5. The van der Waals surface area contributed by atoms with Gasteiger partial charge in [-0.2, -0.15) is 18.2 Å². The highest BCUT2D eigenvalue weighted by Gasteiger charge is 2.45. The summed E-state index contributed by atoms with van der Waals surface area (Å²) in [6, 6.07) is 0. The lowest BCUT2D eigenvalue weighted by Crippen LogP contribution is -2.52. The number of halogens is 3. The zero-order valence-corrected chi connectivity index (χ0v) is 14.6. The van der Waals surface area contributed by atoms with Crippen LogP contribution in [0.2, 0.25) is 0 Å². The topological polar surface area (TPSA) is 77.7 Å². The van der Waals surface area contributed by atoms with Crippen LogP contribution in [0.25, 0.3) is 0 Å². The van der Waals surface area contributed by atoms with E-state index < -0.39 is 29.6 Å². The van der Waals surface area contributed by atoms with Gasteiger partial charge in [-0.15, -0.1) is 0 Å². The zero-order chi connectivity index (χ0) is 18.9. The number of carbonyl (C=O) groups is 1. The van der Waals surface area contributed by atoms with E-state index in [2.05, 4.69) is 10.1 Å². The second kappa shape index (κ2) is 6.91. The van der Waals surface area contributed by atoms with E-state index in [0.717, 1.165) is 0 Å². The molecule has 7 nitrogen and oxygen atoms in total. The van der Waals surface area contributed by atoms with Gasteiger partial charge in [-0.3, -0.25) is 4.79 Å². The van der Waals surface area contributed by atoms with E-state index in [1.807, 2.05) is 0 Å². The number of hydrogen-bond acceptors (Lipinski definition) is 6. The maximum absolute atomic E-state index is 12.4. The maximum atomic E-state index is 12.4. The van der Waals surface area contributed by atoms with E-state index in [1.165, 1.54) is 14.2 Å². The van der Waals surface area contributed by atoms with Gasteiger partial charge >= 0.3 is 6.18 Å². The summed E-state index contributed by atoms with van der Waals surface area (Å²) in [5.41, 5.74) is -1.94. The third-order valence-electron chi connectivity index (χ3n) is 4.49. The highest BCUT2D eigenvalue weighted by molar-refractivity contribution is 5.84. The molecule has 25 heavy (non-hydrogen) atoms. The first-order chi connectivity index (χ1) is 11.5. The highest BCUT2D eigenvalue weighted by atomic mass is 19.4. The summed E-state index contributed by atoms with van der Waals surface area (Å²) in [6.45, 7) is 4.04. The van der Waals surface area contributed by atoms with E-state index in [-0.39, 0.29) is 11.8 Å². The molecule has 0 unspecified atom stereocenters. The molecular weight excluding hydrogens is 343 g/mol. The lowest BCUT2D eigenvalue weighted by Gasteiger charge is -2.40. The molecule has 1 aliphatic rings. The fraction of sp³-hybridized carbons (Fsp3) is 0.800. The number of nitrogens with zero attached hydrogens (tertiary/aromatic N) is 3. The molecule has 142 valence electrons. The lowest BCUT2D eigenvalue weighted by atomic mass is 9.90. The van der Waals surface area contributed by atoms with Crippen LogP contribution >= 0.6 is 0 Å². The highest BCUT2D eigenvalue weighted by Crippen LogP contribution is 2.36. The third kappa shape index (κ3) is 4.30. The molecule has 0 bridgehead atoms. The first kappa shape index (κ1) is 19.6. The van der Waals surface area contributed by atoms with Crippen LogP contribution < -0.4 is 0 Å². The average molecular weight is 365 g/mol. The molecule has 10 heteroatoms. The third-order valence-corrected chi connectivity index (χ3v) is 4.49. The Balaban J connectivity index is 2.10. The van der Waals surface area contributed by atoms with Gasteiger partial charge in [0.15, 0.2) is 5.82 Å². The van der Waals surface area contributed by atoms with Crippen molar-refractivity contribution in [3.05, 3.63) is 11.7 Å². The van der Waals surface area contributed by atoms with Crippen molar-refractivity contribution < 1.29 is 32.0 Å². The van der Waals surface area contributed by atoms with Crippen molar-refractivity contribution in [3.8, 4) is 0 Å². The normalized spacial score (nSPS) is 18.4. The van der Waals surface area contributed by atoms with E-state index >= 15 is 0 Å². The molecule has 1 aromatic rings. The molecule has 1 aliphatic heterocycles. The van der Waals surface area contributed by atoms with E-state index in [1.54, 1.807) is 18.7 Å². The van der Waals surface area contributed by atoms with Crippen LogP contribution in [0, 0.1) is 0 Å². The minimum absolute atomic E-state index is 0.00681. The van der Waals surface area contributed by atoms with Crippen molar-refractivity contribution in [2.45, 2.75) is 50.5 Å². The van der Waals surface area contributed by atoms with Crippen LogP contribution in [0.4, 0.5) is 13.2 Å². The van der Waals surface area contributed by atoms with Crippen LogP contribution in [-0.4, -0.2) is 60.0 Å². The summed E-state index contributed by atoms with van der Waals surface area (Å²) >= 11 is 0. The van der Waals surface area contributed by atoms with Crippen LogP contribution in [0.3, 0.4) is 0 Å². The fourth-order valence-corrected chi connectivity index (χ4v) is 2.73. The maximum Gasteiger partial charge on any atom is 0.396 e. The monoisotopic (exact) mass is 365 g/mol. The lowest BCUT2D eigenvalue weighted by molar-refractivity contribution is -0.157. The number of aromatic nitrogens is 2. The molecule has 0 atom stereocenters. The number of hydrogen-bond donors (Lipinski definition) is 0. The van der Waals surface area contributed by atoms with Gasteiger partial charge < -0.3 is 18.9 Å². The van der Waals surface area contributed by atoms with E-state index in [9.17, 15) is 18.0 Å². The smallest absolute Gasteiger partial charge is 0.369 e. The van der Waals surface area contributed by atoms with Gasteiger partial charge in [-0.1, -0.05) is 5.16 Å². The average Bonchev–Trinajstić information content (AvgIpc) is 3.01. The van der Waals surface area contributed by atoms with E-state index in [0.29, 0.717) is 25.9 Å². The molecule has 0 radical (unpaired) electrons. The Hall–Kier alpha value is -1.68. The van der Waals surface area contributed by atoms with Crippen LogP contribution in [0.15, 0.2) is 4.52 Å². The summed E-state index contributed by atoms with van der Waals surface area (Å²) < 4.78 is 53.1. The number of likely N-dealkylation sites (tertiary alicyclic amines) is 1. The van der Waals surface area contributed by atoms with Gasteiger partial charge in [0, 0.05) is 40.2 Å². The number of amides is 1. The molecule has 2 heterocycles. The minimum Gasteiger partial charge on any atom is -0.369 e. The molecule has 0 aliphatic carbocycles. The Bertz CT molecular complexity index is 607. The SMILES string of the molecule is COC(C)(C)C(=O)N1CCC(OC)(c2nc(CC(F)(F)F)no2)CC1. The van der Waals surface area contributed by atoms with Gasteiger partial charge in [0.2, 0.25) is 0 Å². The standard InChI is InChI=1S/C15H22F3N3O4/c1-13(2,23-3)12(22)21-7-5-14(24-4,6-8-21)11-19-10(20-25-11)9-15(16,17)18/h5-9H2,1-4H3. The van der Waals surface area contributed by atoms with Gasteiger partial charge in [0.05, 0.1) is 0 Å². The molecule has 1 amide bonds. The predicted molar refractivity (Wildman–Crippen MR) is 79.6 cm³/mol. The Labute approximate surface area is 143 Å². The number of ether oxygens (including phenoxy) is 2. The van der Waals surface area contributed by atoms with Gasteiger partial charge in [0.1, 0.15) is 17.6 Å². The quantitative estimate of drug-likeness (QED) is 0.795. The summed E-state index contributed by atoms with van der Waals surface area (Å²) in [4.78, 5) is 17.9. The Morgan fingerprint density at radius 1 is 1.28 bits per heavy atom. The molecule has 0 spiro atoms. The molecule has 0 saturated carbocycles. The number of methoxy groups -OCH3 is 2. The van der Waals surface area contributed by atoms with Gasteiger partial charge in [-0.25, -0.2) is 0 Å². The first-order valence-corrected chi connectivity index (χ1v) is 7.82. The van der Waals surface area contributed by atoms with Crippen molar-refractivity contribution in [2.24, 2.45) is 0 Å². The zero-order valence-electron chi connectivity index (χ0n) is 14.6.